The van der Waals surface area contributed by atoms with Gasteiger partial charge >= 0.3 is 0 Å². The van der Waals surface area contributed by atoms with Gasteiger partial charge in [-0.25, -0.2) is 0 Å². The number of methoxy groups -OCH3 is 1. The standard InChI is InChI=1S/C22H28N4O2S/c1-28-18-4-2-17(3-5-18)20-24-25-21(29)26(20)12-19(27)23-13-22-9-14-6-15(10-22)8-16(7-14)11-22/h2-5,14-16H,6-13H2,1H3,(H,23,27)(H,25,29). The van der Waals surface area contributed by atoms with Crippen LogP contribution in [0.3, 0.4) is 0 Å². The Hall–Kier alpha value is -2.15. The summed E-state index contributed by atoms with van der Waals surface area (Å²) in [4.78, 5) is 12.8. The maximum atomic E-state index is 12.8. The number of H-pyrrole nitrogens is 1. The summed E-state index contributed by atoms with van der Waals surface area (Å²) < 4.78 is 7.45. The van der Waals surface area contributed by atoms with Crippen molar-refractivity contribution < 1.29 is 9.53 Å². The van der Waals surface area contributed by atoms with E-state index in [4.69, 9.17) is 17.0 Å². The van der Waals surface area contributed by atoms with E-state index < -0.39 is 0 Å². The number of benzene rings is 1. The quantitative estimate of drug-likeness (QED) is 0.705. The number of hydrogen-bond donors (Lipinski definition) is 2. The van der Waals surface area contributed by atoms with Crippen LogP contribution in [-0.2, 0) is 11.3 Å². The number of nitrogens with one attached hydrogen (secondary N) is 2. The average molecular weight is 413 g/mol. The fourth-order valence-corrected chi connectivity index (χ4v) is 6.61. The summed E-state index contributed by atoms with van der Waals surface area (Å²) in [6.45, 7) is 0.988. The van der Waals surface area contributed by atoms with E-state index in [-0.39, 0.29) is 12.5 Å². The molecule has 1 heterocycles. The third-order valence-electron chi connectivity index (χ3n) is 7.23. The minimum absolute atomic E-state index is 0.00741. The lowest BCUT2D eigenvalue weighted by atomic mass is 9.49. The molecule has 0 aliphatic heterocycles. The van der Waals surface area contributed by atoms with E-state index >= 15 is 0 Å². The highest BCUT2D eigenvalue weighted by molar-refractivity contribution is 7.71. The van der Waals surface area contributed by atoms with Crippen LogP contribution in [0.5, 0.6) is 5.75 Å². The summed E-state index contributed by atoms with van der Waals surface area (Å²) >= 11 is 5.38. The van der Waals surface area contributed by atoms with Gasteiger partial charge < -0.3 is 10.1 Å². The Morgan fingerprint density at radius 1 is 1.21 bits per heavy atom. The van der Waals surface area contributed by atoms with Gasteiger partial charge in [0.2, 0.25) is 5.91 Å². The summed E-state index contributed by atoms with van der Waals surface area (Å²) in [6.07, 6.45) is 8.14. The summed E-state index contributed by atoms with van der Waals surface area (Å²) in [7, 11) is 1.64. The molecule has 2 aromatic rings. The van der Waals surface area contributed by atoms with Crippen molar-refractivity contribution in [1.29, 1.82) is 0 Å². The first kappa shape index (κ1) is 18.9. The molecule has 1 aromatic heterocycles. The van der Waals surface area contributed by atoms with Crippen LogP contribution in [0.15, 0.2) is 24.3 Å². The van der Waals surface area contributed by atoms with Crippen molar-refractivity contribution in [2.45, 2.75) is 45.1 Å². The van der Waals surface area contributed by atoms with E-state index in [0.29, 0.717) is 16.0 Å². The van der Waals surface area contributed by atoms with Crippen LogP contribution in [0.1, 0.15) is 38.5 Å². The smallest absolute Gasteiger partial charge is 0.240 e. The third kappa shape index (κ3) is 3.61. The predicted octanol–water partition coefficient (Wildman–Crippen LogP) is 3.95. The molecule has 4 saturated carbocycles. The Kier molecular flexibility index (Phi) is 4.73. The number of hydrogen-bond acceptors (Lipinski definition) is 4. The highest BCUT2D eigenvalue weighted by Gasteiger charge is 2.50. The van der Waals surface area contributed by atoms with Gasteiger partial charge in [-0.2, -0.15) is 5.10 Å². The Bertz CT molecular complexity index is 927. The van der Waals surface area contributed by atoms with Gasteiger partial charge in [-0.05, 0) is 98.2 Å². The predicted molar refractivity (Wildman–Crippen MR) is 113 cm³/mol. The van der Waals surface area contributed by atoms with E-state index in [9.17, 15) is 4.79 Å². The second-order valence-electron chi connectivity index (χ2n) is 9.36. The first-order valence-electron chi connectivity index (χ1n) is 10.6. The minimum Gasteiger partial charge on any atom is -0.497 e. The molecule has 7 heteroatoms. The van der Waals surface area contributed by atoms with Crippen molar-refractivity contribution in [1.82, 2.24) is 20.1 Å². The van der Waals surface area contributed by atoms with Gasteiger partial charge in [-0.1, -0.05) is 0 Å². The lowest BCUT2D eigenvalue weighted by Gasteiger charge is -2.56. The Morgan fingerprint density at radius 3 is 2.41 bits per heavy atom. The fourth-order valence-electron chi connectivity index (χ4n) is 6.42. The van der Waals surface area contributed by atoms with Gasteiger partial charge in [0.25, 0.3) is 0 Å². The molecule has 6 nitrogen and oxygen atoms in total. The number of amides is 1. The van der Waals surface area contributed by atoms with E-state index in [0.717, 1.165) is 35.6 Å². The molecule has 2 N–H and O–H groups in total. The molecule has 1 aromatic carbocycles. The Morgan fingerprint density at radius 2 is 1.83 bits per heavy atom. The van der Waals surface area contributed by atoms with Gasteiger partial charge in [0.05, 0.1) is 7.11 Å². The zero-order valence-electron chi connectivity index (χ0n) is 16.8. The van der Waals surface area contributed by atoms with E-state index in [1.54, 1.807) is 11.7 Å². The normalized spacial score (nSPS) is 29.8. The third-order valence-corrected chi connectivity index (χ3v) is 7.55. The number of aromatic nitrogens is 3. The van der Waals surface area contributed by atoms with Crippen LogP contribution in [0.4, 0.5) is 0 Å². The highest BCUT2D eigenvalue weighted by Crippen LogP contribution is 2.59. The molecule has 6 rings (SSSR count). The zero-order chi connectivity index (χ0) is 20.0. The molecular weight excluding hydrogens is 384 g/mol. The molecule has 4 aliphatic rings. The largest absolute Gasteiger partial charge is 0.497 e. The lowest BCUT2D eigenvalue weighted by Crippen LogP contribution is -2.51. The zero-order valence-corrected chi connectivity index (χ0v) is 17.6. The summed E-state index contributed by atoms with van der Waals surface area (Å²) in [5.74, 6) is 4.13. The number of ether oxygens (including phenoxy) is 1. The molecule has 0 atom stereocenters. The second kappa shape index (κ2) is 7.27. The maximum Gasteiger partial charge on any atom is 0.240 e. The van der Waals surface area contributed by atoms with Crippen molar-refractivity contribution in [3.05, 3.63) is 29.0 Å². The SMILES string of the molecule is COc1ccc(-c2n[nH]c(=S)n2CC(=O)NCC23CC4CC(CC(C4)C2)C3)cc1. The van der Waals surface area contributed by atoms with E-state index in [1.165, 1.54) is 38.5 Å². The van der Waals surface area contributed by atoms with Gasteiger partial charge in [0.1, 0.15) is 12.3 Å². The molecule has 0 unspecified atom stereocenters. The van der Waals surface area contributed by atoms with Crippen LogP contribution in [0.25, 0.3) is 11.4 Å². The van der Waals surface area contributed by atoms with Crippen LogP contribution in [-0.4, -0.2) is 34.3 Å². The number of carbonyl (C=O) groups is 1. The van der Waals surface area contributed by atoms with Crippen molar-refractivity contribution in [2.24, 2.45) is 23.2 Å². The minimum atomic E-state index is 0.00741. The molecule has 0 saturated heterocycles. The van der Waals surface area contributed by atoms with Gasteiger partial charge in [0.15, 0.2) is 10.6 Å². The highest BCUT2D eigenvalue weighted by atomic mass is 32.1. The van der Waals surface area contributed by atoms with Crippen molar-refractivity contribution in [2.75, 3.05) is 13.7 Å². The van der Waals surface area contributed by atoms with Crippen LogP contribution in [0, 0.1) is 27.9 Å². The topological polar surface area (TPSA) is 71.9 Å². The molecule has 4 fully saturated rings. The van der Waals surface area contributed by atoms with E-state index in [1.807, 2.05) is 24.3 Å². The van der Waals surface area contributed by atoms with Crippen molar-refractivity contribution in [3.63, 3.8) is 0 Å². The second-order valence-corrected chi connectivity index (χ2v) is 9.75. The van der Waals surface area contributed by atoms with Crippen LogP contribution < -0.4 is 10.1 Å². The molecular formula is C22H28N4O2S. The van der Waals surface area contributed by atoms with Gasteiger partial charge in [-0.3, -0.25) is 14.5 Å². The van der Waals surface area contributed by atoms with Crippen LogP contribution >= 0.6 is 12.2 Å². The van der Waals surface area contributed by atoms with Gasteiger partial charge in [-0.15, -0.1) is 0 Å². The lowest BCUT2D eigenvalue weighted by molar-refractivity contribution is -0.123. The Labute approximate surface area is 176 Å². The number of nitrogens with zero attached hydrogens (tertiary/aromatic N) is 2. The van der Waals surface area contributed by atoms with Gasteiger partial charge in [0, 0.05) is 12.1 Å². The molecule has 0 spiro atoms. The number of aromatic amines is 1. The summed E-state index contributed by atoms with van der Waals surface area (Å²) in [5.41, 5.74) is 1.23. The monoisotopic (exact) mass is 412 g/mol. The molecule has 0 radical (unpaired) electrons. The molecule has 4 aliphatic carbocycles. The summed E-state index contributed by atoms with van der Waals surface area (Å²) in [6, 6.07) is 7.61. The fraction of sp³-hybridized carbons (Fsp3) is 0.591. The maximum absolute atomic E-state index is 12.8. The number of carbonyl (C=O) groups excluding carboxylic acids is 1. The summed E-state index contributed by atoms with van der Waals surface area (Å²) in [5, 5.41) is 10.4. The number of rotatable bonds is 6. The molecule has 154 valence electrons. The Balaban J connectivity index is 1.27. The van der Waals surface area contributed by atoms with Crippen molar-refractivity contribution in [3.8, 4) is 17.1 Å². The van der Waals surface area contributed by atoms with E-state index in [2.05, 4.69) is 15.5 Å². The first-order chi connectivity index (χ1) is 14.0. The average Bonchev–Trinajstić information content (AvgIpc) is 3.06. The molecule has 4 bridgehead atoms. The first-order valence-corrected chi connectivity index (χ1v) is 11.0. The molecule has 29 heavy (non-hydrogen) atoms. The van der Waals surface area contributed by atoms with Crippen LogP contribution in [0.2, 0.25) is 0 Å². The van der Waals surface area contributed by atoms with Crippen molar-refractivity contribution >= 4 is 18.1 Å². The molecule has 1 amide bonds.